The fourth-order valence-corrected chi connectivity index (χ4v) is 5.41. The Morgan fingerprint density at radius 2 is 1.71 bits per heavy atom. The molecular weight excluding hydrogens is 422 g/mol. The highest BCUT2D eigenvalue weighted by Gasteiger charge is 2.40. The number of carbonyl (C=O) groups is 1. The molecule has 4 nitrogen and oxygen atoms in total. The van der Waals surface area contributed by atoms with Crippen LogP contribution in [0, 0.1) is 0 Å². The predicted molar refractivity (Wildman–Crippen MR) is 136 cm³/mol. The second kappa shape index (κ2) is 10.8. The van der Waals surface area contributed by atoms with E-state index in [0.717, 1.165) is 38.5 Å². The predicted octanol–water partition coefficient (Wildman–Crippen LogP) is 6.00. The van der Waals surface area contributed by atoms with Crippen LogP contribution in [-0.2, 0) is 23.1 Å². The average Bonchev–Trinajstić information content (AvgIpc) is 2.85. The van der Waals surface area contributed by atoms with E-state index in [4.69, 9.17) is 0 Å². The molecule has 0 saturated carbocycles. The molecular formula is C30H35NO3. The molecule has 4 heteroatoms. The molecule has 2 unspecified atom stereocenters. The highest BCUT2D eigenvalue weighted by atomic mass is 16.3. The van der Waals surface area contributed by atoms with Crippen LogP contribution >= 0.6 is 0 Å². The van der Waals surface area contributed by atoms with Gasteiger partial charge in [-0.25, -0.2) is 0 Å². The number of amides is 1. The Hall–Kier alpha value is -3.27. The smallest absolute Gasteiger partial charge is 0.220 e. The summed E-state index contributed by atoms with van der Waals surface area (Å²) in [5.41, 5.74) is 4.93. The fourth-order valence-electron chi connectivity index (χ4n) is 5.41. The van der Waals surface area contributed by atoms with Crippen molar-refractivity contribution < 1.29 is 15.0 Å². The third kappa shape index (κ3) is 5.61. The van der Waals surface area contributed by atoms with Crippen molar-refractivity contribution in [1.82, 2.24) is 5.32 Å². The normalized spacial score (nSPS) is 19.4. The maximum Gasteiger partial charge on any atom is 0.220 e. The third-order valence-electron chi connectivity index (χ3n) is 7.44. The summed E-state index contributed by atoms with van der Waals surface area (Å²) >= 11 is 0. The van der Waals surface area contributed by atoms with Gasteiger partial charge in [0.1, 0.15) is 11.5 Å². The van der Waals surface area contributed by atoms with Crippen LogP contribution in [0.1, 0.15) is 67.2 Å². The van der Waals surface area contributed by atoms with Gasteiger partial charge in [-0.3, -0.25) is 4.79 Å². The first-order chi connectivity index (χ1) is 16.5. The van der Waals surface area contributed by atoms with Gasteiger partial charge in [0.15, 0.2) is 0 Å². The van der Waals surface area contributed by atoms with E-state index in [0.29, 0.717) is 24.6 Å². The van der Waals surface area contributed by atoms with Crippen molar-refractivity contribution >= 4 is 5.91 Å². The van der Waals surface area contributed by atoms with Gasteiger partial charge in [0.25, 0.3) is 0 Å². The summed E-state index contributed by atoms with van der Waals surface area (Å²) in [7, 11) is 0. The Morgan fingerprint density at radius 3 is 2.47 bits per heavy atom. The highest BCUT2D eigenvalue weighted by molar-refractivity contribution is 5.76. The van der Waals surface area contributed by atoms with E-state index < -0.39 is 0 Å². The molecule has 0 heterocycles. The number of nitrogens with one attached hydrogen (secondary N) is 1. The van der Waals surface area contributed by atoms with Crippen LogP contribution in [-0.4, -0.2) is 22.7 Å². The molecule has 178 valence electrons. The number of unbranched alkanes of at least 4 members (excludes halogenated alkanes) is 1. The molecule has 3 aromatic rings. The van der Waals surface area contributed by atoms with Gasteiger partial charge in [0.05, 0.1) is 0 Å². The van der Waals surface area contributed by atoms with E-state index in [-0.39, 0.29) is 17.1 Å². The SMILES string of the molecule is CC1(c2ccc(O)cc2)CCc2cc(O)ccc2C1CCCCNC(=O)CCc1ccccc1. The van der Waals surface area contributed by atoms with Crippen LogP contribution in [0.5, 0.6) is 11.5 Å². The molecule has 0 aliphatic heterocycles. The lowest BCUT2D eigenvalue weighted by molar-refractivity contribution is -0.121. The number of aryl methyl sites for hydroxylation is 2. The van der Waals surface area contributed by atoms with Gasteiger partial charge in [-0.05, 0) is 90.0 Å². The summed E-state index contributed by atoms with van der Waals surface area (Å²) in [5, 5.41) is 22.9. The zero-order chi connectivity index (χ0) is 24.0. The second-order valence-corrected chi connectivity index (χ2v) is 9.73. The van der Waals surface area contributed by atoms with Gasteiger partial charge >= 0.3 is 0 Å². The van der Waals surface area contributed by atoms with E-state index in [9.17, 15) is 15.0 Å². The summed E-state index contributed by atoms with van der Waals surface area (Å²) < 4.78 is 0. The summed E-state index contributed by atoms with van der Waals surface area (Å²) in [6.07, 6.45) is 6.16. The second-order valence-electron chi connectivity index (χ2n) is 9.73. The Bertz CT molecular complexity index is 1090. The number of hydrogen-bond donors (Lipinski definition) is 3. The van der Waals surface area contributed by atoms with Crippen LogP contribution in [0.15, 0.2) is 72.8 Å². The molecule has 2 atom stereocenters. The van der Waals surface area contributed by atoms with E-state index in [2.05, 4.69) is 30.4 Å². The van der Waals surface area contributed by atoms with Crippen LogP contribution < -0.4 is 5.32 Å². The molecule has 34 heavy (non-hydrogen) atoms. The van der Waals surface area contributed by atoms with E-state index in [1.165, 1.54) is 22.3 Å². The largest absolute Gasteiger partial charge is 0.508 e. The van der Waals surface area contributed by atoms with Crippen LogP contribution in [0.4, 0.5) is 0 Å². The number of phenols is 2. The molecule has 1 aliphatic carbocycles. The fraction of sp³-hybridized carbons (Fsp3) is 0.367. The first-order valence-corrected chi connectivity index (χ1v) is 12.4. The zero-order valence-electron chi connectivity index (χ0n) is 20.0. The average molecular weight is 458 g/mol. The summed E-state index contributed by atoms with van der Waals surface area (Å²) in [5.74, 6) is 1.03. The van der Waals surface area contributed by atoms with Crippen molar-refractivity contribution in [1.29, 1.82) is 0 Å². The molecule has 4 rings (SSSR count). The first-order valence-electron chi connectivity index (χ1n) is 12.4. The highest BCUT2D eigenvalue weighted by Crippen LogP contribution is 2.50. The lowest BCUT2D eigenvalue weighted by Crippen LogP contribution is -2.35. The van der Waals surface area contributed by atoms with Gasteiger partial charge in [0, 0.05) is 13.0 Å². The third-order valence-corrected chi connectivity index (χ3v) is 7.44. The minimum absolute atomic E-state index is 0.0450. The zero-order valence-corrected chi connectivity index (χ0v) is 20.0. The van der Waals surface area contributed by atoms with E-state index in [1.807, 2.05) is 36.4 Å². The number of rotatable bonds is 9. The molecule has 1 amide bonds. The molecule has 1 aliphatic rings. The van der Waals surface area contributed by atoms with E-state index in [1.54, 1.807) is 18.2 Å². The monoisotopic (exact) mass is 457 g/mol. The quantitative estimate of drug-likeness (QED) is 0.345. The summed E-state index contributed by atoms with van der Waals surface area (Å²) in [6.45, 7) is 3.02. The Labute approximate surface area is 202 Å². The Kier molecular flexibility index (Phi) is 7.56. The minimum Gasteiger partial charge on any atom is -0.508 e. The molecule has 0 bridgehead atoms. The Balaban J connectivity index is 1.36. The van der Waals surface area contributed by atoms with Crippen molar-refractivity contribution in [3.05, 3.63) is 95.1 Å². The van der Waals surface area contributed by atoms with Crippen molar-refractivity contribution in [2.75, 3.05) is 6.54 Å². The Morgan fingerprint density at radius 1 is 0.971 bits per heavy atom. The van der Waals surface area contributed by atoms with Crippen LogP contribution in [0.25, 0.3) is 0 Å². The topological polar surface area (TPSA) is 69.6 Å². The number of hydrogen-bond acceptors (Lipinski definition) is 3. The van der Waals surface area contributed by atoms with Gasteiger partial charge in [-0.2, -0.15) is 0 Å². The van der Waals surface area contributed by atoms with Crippen molar-refractivity contribution in [3.63, 3.8) is 0 Å². The van der Waals surface area contributed by atoms with E-state index >= 15 is 0 Å². The van der Waals surface area contributed by atoms with Crippen molar-refractivity contribution in [2.45, 2.75) is 63.2 Å². The molecule has 0 aromatic heterocycles. The maximum absolute atomic E-state index is 12.2. The lowest BCUT2D eigenvalue weighted by Gasteiger charge is -2.43. The number of fused-ring (bicyclic) bond motifs is 1. The molecule has 0 spiro atoms. The van der Waals surface area contributed by atoms with Crippen molar-refractivity contribution in [3.8, 4) is 11.5 Å². The molecule has 0 radical (unpaired) electrons. The maximum atomic E-state index is 12.2. The van der Waals surface area contributed by atoms with Gasteiger partial charge < -0.3 is 15.5 Å². The van der Waals surface area contributed by atoms with Gasteiger partial charge in [0.2, 0.25) is 5.91 Å². The molecule has 0 saturated heterocycles. The number of phenolic OH excluding ortho intramolecular Hbond substituents is 2. The minimum atomic E-state index is -0.0450. The molecule has 0 fully saturated rings. The number of aromatic hydroxyl groups is 2. The summed E-state index contributed by atoms with van der Waals surface area (Å²) in [6, 6.07) is 23.5. The molecule has 3 aromatic carbocycles. The van der Waals surface area contributed by atoms with Crippen molar-refractivity contribution in [2.24, 2.45) is 0 Å². The number of carbonyl (C=O) groups excluding carboxylic acids is 1. The number of benzene rings is 3. The summed E-state index contributed by atoms with van der Waals surface area (Å²) in [4.78, 5) is 12.2. The van der Waals surface area contributed by atoms with Gasteiger partial charge in [-0.1, -0.05) is 61.9 Å². The van der Waals surface area contributed by atoms with Crippen LogP contribution in [0.3, 0.4) is 0 Å². The van der Waals surface area contributed by atoms with Crippen LogP contribution in [0.2, 0.25) is 0 Å². The first kappa shape index (κ1) is 23.9. The standard InChI is InChI=1S/C30H35NO3/c1-30(24-11-13-25(32)14-12-24)19-18-23-21-26(33)15-16-27(23)28(30)9-5-6-20-31-29(34)17-10-22-7-3-2-4-8-22/h2-4,7-8,11-16,21,28,32-33H,5-6,9-10,17-20H2,1H3,(H,31,34). The molecule has 3 N–H and O–H groups in total. The lowest BCUT2D eigenvalue weighted by atomic mass is 9.60. The van der Waals surface area contributed by atoms with Gasteiger partial charge in [-0.15, -0.1) is 0 Å².